The van der Waals surface area contributed by atoms with Crippen molar-refractivity contribution >= 4 is 28.8 Å². The van der Waals surface area contributed by atoms with Gasteiger partial charge < -0.3 is 20.1 Å². The van der Waals surface area contributed by atoms with Crippen LogP contribution in [0.1, 0.15) is 37.0 Å². The van der Waals surface area contributed by atoms with Crippen molar-refractivity contribution in [1.29, 1.82) is 0 Å². The number of ether oxygens (including phenoxy) is 2. The third kappa shape index (κ3) is 3.78. The van der Waals surface area contributed by atoms with E-state index in [1.54, 1.807) is 29.5 Å². The molecule has 0 saturated heterocycles. The summed E-state index contributed by atoms with van der Waals surface area (Å²) in [6.07, 6.45) is 5.61. The summed E-state index contributed by atoms with van der Waals surface area (Å²) in [5, 5.41) is 7.55. The van der Waals surface area contributed by atoms with E-state index in [1.807, 2.05) is 6.07 Å². The van der Waals surface area contributed by atoms with Crippen LogP contribution in [0.3, 0.4) is 0 Å². The normalized spacial score (nSPS) is 17.3. The molecule has 0 atom stereocenters. The molecule has 0 spiro atoms. The number of thiophene rings is 1. The van der Waals surface area contributed by atoms with Gasteiger partial charge in [-0.15, -0.1) is 11.3 Å². The van der Waals surface area contributed by atoms with Gasteiger partial charge in [-0.05, 0) is 36.4 Å². The fraction of sp³-hybridized carbons (Fsp3) is 0.400. The third-order valence-corrected chi connectivity index (χ3v) is 6.39. The Kier molecular flexibility index (Phi) is 5.03. The first-order valence-corrected chi connectivity index (χ1v) is 10.1. The molecule has 0 radical (unpaired) electrons. The predicted octanol–water partition coefficient (Wildman–Crippen LogP) is 3.43. The molecule has 1 fully saturated rings. The SMILES string of the molecule is O=C(NCC1(c2cccs2)CCCCC1)C(=O)Nc1ccc2c(c1)OCO2. The molecule has 2 heterocycles. The molecule has 2 aliphatic rings. The van der Waals surface area contributed by atoms with E-state index in [-0.39, 0.29) is 12.2 Å². The molecule has 0 bridgehead atoms. The fourth-order valence-corrected chi connectivity index (χ4v) is 4.80. The van der Waals surface area contributed by atoms with E-state index in [4.69, 9.17) is 9.47 Å². The van der Waals surface area contributed by atoms with Crippen LogP contribution in [0, 0.1) is 0 Å². The van der Waals surface area contributed by atoms with Gasteiger partial charge in [0, 0.05) is 28.6 Å². The number of nitrogens with one attached hydrogen (secondary N) is 2. The summed E-state index contributed by atoms with van der Waals surface area (Å²) in [6, 6.07) is 9.23. The van der Waals surface area contributed by atoms with Crippen LogP contribution >= 0.6 is 11.3 Å². The van der Waals surface area contributed by atoms with Crippen LogP contribution in [0.5, 0.6) is 11.5 Å². The lowest BCUT2D eigenvalue weighted by Crippen LogP contribution is -2.45. The first-order valence-electron chi connectivity index (χ1n) is 9.19. The van der Waals surface area contributed by atoms with Gasteiger partial charge in [0.1, 0.15) is 0 Å². The first kappa shape index (κ1) is 17.9. The number of hydrogen-bond acceptors (Lipinski definition) is 5. The highest BCUT2D eigenvalue weighted by Gasteiger charge is 2.35. The zero-order valence-electron chi connectivity index (χ0n) is 15.0. The Morgan fingerprint density at radius 2 is 1.85 bits per heavy atom. The predicted molar refractivity (Wildman–Crippen MR) is 103 cm³/mol. The van der Waals surface area contributed by atoms with Crippen molar-refractivity contribution in [3.05, 3.63) is 40.6 Å². The highest BCUT2D eigenvalue weighted by molar-refractivity contribution is 7.10. The van der Waals surface area contributed by atoms with Crippen molar-refractivity contribution in [2.45, 2.75) is 37.5 Å². The topological polar surface area (TPSA) is 76.7 Å². The zero-order valence-corrected chi connectivity index (χ0v) is 15.8. The highest BCUT2D eigenvalue weighted by Crippen LogP contribution is 2.41. The lowest BCUT2D eigenvalue weighted by molar-refractivity contribution is -0.136. The van der Waals surface area contributed by atoms with Gasteiger partial charge in [-0.3, -0.25) is 9.59 Å². The second-order valence-electron chi connectivity index (χ2n) is 7.02. The summed E-state index contributed by atoms with van der Waals surface area (Å²) < 4.78 is 10.5. The van der Waals surface area contributed by atoms with Gasteiger partial charge in [0.15, 0.2) is 11.5 Å². The van der Waals surface area contributed by atoms with Gasteiger partial charge >= 0.3 is 11.8 Å². The van der Waals surface area contributed by atoms with Crippen LogP contribution in [0.2, 0.25) is 0 Å². The van der Waals surface area contributed by atoms with Gasteiger partial charge in [0.2, 0.25) is 6.79 Å². The molecule has 2 aromatic rings. The number of benzene rings is 1. The maximum atomic E-state index is 12.4. The number of amides is 2. The van der Waals surface area contributed by atoms with E-state index in [0.717, 1.165) is 25.7 Å². The number of hydrogen-bond donors (Lipinski definition) is 2. The van der Waals surface area contributed by atoms with Crippen molar-refractivity contribution in [3.63, 3.8) is 0 Å². The molecule has 27 heavy (non-hydrogen) atoms. The zero-order chi connectivity index (χ0) is 18.7. The Labute approximate surface area is 161 Å². The molecule has 2 amide bonds. The van der Waals surface area contributed by atoms with E-state index in [2.05, 4.69) is 22.1 Å². The maximum Gasteiger partial charge on any atom is 0.313 e. The molecule has 1 aliphatic heterocycles. The smallest absolute Gasteiger partial charge is 0.313 e. The summed E-state index contributed by atoms with van der Waals surface area (Å²) in [7, 11) is 0. The highest BCUT2D eigenvalue weighted by atomic mass is 32.1. The van der Waals surface area contributed by atoms with Gasteiger partial charge in [-0.25, -0.2) is 0 Å². The molecule has 1 aromatic carbocycles. The lowest BCUT2D eigenvalue weighted by Gasteiger charge is -2.36. The standard InChI is InChI=1S/C20H22N2O4S/c23-18(19(24)22-14-6-7-15-16(11-14)26-13-25-15)21-12-20(8-2-1-3-9-20)17-5-4-10-27-17/h4-7,10-11H,1-3,8-9,12-13H2,(H,21,23)(H,22,24). The molecule has 1 aliphatic carbocycles. The molecular formula is C20H22N2O4S. The second kappa shape index (κ2) is 7.60. The summed E-state index contributed by atoms with van der Waals surface area (Å²) in [5.74, 6) is -0.0973. The number of anilines is 1. The number of fused-ring (bicyclic) bond motifs is 1. The Morgan fingerprint density at radius 1 is 1.04 bits per heavy atom. The van der Waals surface area contributed by atoms with Crippen molar-refractivity contribution in [2.75, 3.05) is 18.7 Å². The summed E-state index contributed by atoms with van der Waals surface area (Å²) in [5.41, 5.74) is 0.450. The van der Waals surface area contributed by atoms with Crippen LogP contribution in [0.25, 0.3) is 0 Å². The molecule has 7 heteroatoms. The lowest BCUT2D eigenvalue weighted by atomic mass is 9.73. The minimum Gasteiger partial charge on any atom is -0.454 e. The largest absolute Gasteiger partial charge is 0.454 e. The number of carbonyl (C=O) groups is 2. The van der Waals surface area contributed by atoms with Crippen molar-refractivity contribution < 1.29 is 19.1 Å². The van der Waals surface area contributed by atoms with Gasteiger partial charge in [0.25, 0.3) is 0 Å². The van der Waals surface area contributed by atoms with Gasteiger partial charge in [-0.2, -0.15) is 0 Å². The van der Waals surface area contributed by atoms with Gasteiger partial charge in [-0.1, -0.05) is 25.3 Å². The number of rotatable bonds is 4. The van der Waals surface area contributed by atoms with Crippen LogP contribution in [0.4, 0.5) is 5.69 Å². The Morgan fingerprint density at radius 3 is 2.63 bits per heavy atom. The minimum absolute atomic E-state index is 0.0545. The van der Waals surface area contributed by atoms with E-state index in [9.17, 15) is 9.59 Å². The second-order valence-corrected chi connectivity index (χ2v) is 7.97. The Hall–Kier alpha value is -2.54. The van der Waals surface area contributed by atoms with Crippen molar-refractivity contribution in [3.8, 4) is 11.5 Å². The first-order chi connectivity index (χ1) is 13.2. The molecule has 1 saturated carbocycles. The maximum absolute atomic E-state index is 12.4. The monoisotopic (exact) mass is 386 g/mol. The van der Waals surface area contributed by atoms with Gasteiger partial charge in [0.05, 0.1) is 0 Å². The molecule has 1 aromatic heterocycles. The van der Waals surface area contributed by atoms with Crippen molar-refractivity contribution in [2.24, 2.45) is 0 Å². The molecule has 6 nitrogen and oxygen atoms in total. The number of carbonyl (C=O) groups excluding carboxylic acids is 2. The third-order valence-electron chi connectivity index (χ3n) is 5.28. The fourth-order valence-electron chi connectivity index (χ4n) is 3.81. The molecular weight excluding hydrogens is 364 g/mol. The summed E-state index contributed by atoms with van der Waals surface area (Å²) in [6.45, 7) is 0.652. The van der Waals surface area contributed by atoms with Crippen LogP contribution < -0.4 is 20.1 Å². The average molecular weight is 386 g/mol. The van der Waals surface area contributed by atoms with Crippen molar-refractivity contribution in [1.82, 2.24) is 5.32 Å². The van der Waals surface area contributed by atoms with E-state index in [0.29, 0.717) is 23.7 Å². The van der Waals surface area contributed by atoms with Crippen LogP contribution in [-0.4, -0.2) is 25.2 Å². The molecule has 142 valence electrons. The Balaban J connectivity index is 1.38. The minimum atomic E-state index is -0.675. The summed E-state index contributed by atoms with van der Waals surface area (Å²) in [4.78, 5) is 25.9. The quantitative estimate of drug-likeness (QED) is 0.790. The molecule has 4 rings (SSSR count). The summed E-state index contributed by atoms with van der Waals surface area (Å²) >= 11 is 1.72. The van der Waals surface area contributed by atoms with E-state index < -0.39 is 11.8 Å². The van der Waals surface area contributed by atoms with E-state index in [1.165, 1.54) is 11.3 Å². The van der Waals surface area contributed by atoms with E-state index >= 15 is 0 Å². The van der Waals surface area contributed by atoms with Crippen LogP contribution in [0.15, 0.2) is 35.7 Å². The average Bonchev–Trinajstić information content (AvgIpc) is 3.38. The Bertz CT molecular complexity index is 829. The molecule has 2 N–H and O–H groups in total. The van der Waals surface area contributed by atoms with Crippen LogP contribution in [-0.2, 0) is 15.0 Å². The molecule has 0 unspecified atom stereocenters.